The van der Waals surface area contributed by atoms with Crippen molar-refractivity contribution in [2.45, 2.75) is 33.1 Å². The molecule has 0 saturated carbocycles. The summed E-state index contributed by atoms with van der Waals surface area (Å²) in [6.07, 6.45) is 0. The molecule has 1 amide bonds. The Balaban J connectivity index is 2.11. The summed E-state index contributed by atoms with van der Waals surface area (Å²) in [7, 11) is 1.30. The summed E-state index contributed by atoms with van der Waals surface area (Å²) in [6, 6.07) is 12.6. The van der Waals surface area contributed by atoms with Crippen molar-refractivity contribution in [3.8, 4) is 5.75 Å². The third-order valence-corrected chi connectivity index (χ3v) is 3.91. The van der Waals surface area contributed by atoms with Gasteiger partial charge in [0.2, 0.25) is 0 Å². The van der Waals surface area contributed by atoms with Gasteiger partial charge in [-0.25, -0.2) is 4.79 Å². The average Bonchev–Trinajstić information content (AvgIpc) is 2.59. The molecule has 0 aromatic heterocycles. The van der Waals surface area contributed by atoms with Gasteiger partial charge in [-0.05, 0) is 36.1 Å². The molecule has 0 radical (unpaired) electrons. The van der Waals surface area contributed by atoms with E-state index in [-0.39, 0.29) is 17.9 Å². The number of benzene rings is 2. The van der Waals surface area contributed by atoms with Crippen LogP contribution in [-0.2, 0) is 14.9 Å². The van der Waals surface area contributed by atoms with Gasteiger partial charge in [-0.1, -0.05) is 50.6 Å². The molecule has 2 aromatic carbocycles. The molecule has 0 heterocycles. The van der Waals surface area contributed by atoms with Crippen molar-refractivity contribution in [3.63, 3.8) is 0 Å². The quantitative estimate of drug-likeness (QED) is 0.820. The fourth-order valence-corrected chi connectivity index (χ4v) is 2.57. The predicted octanol–water partition coefficient (Wildman–Crippen LogP) is 4.10. The zero-order valence-corrected chi connectivity index (χ0v) is 15.9. The van der Waals surface area contributed by atoms with Crippen molar-refractivity contribution in [3.05, 3.63) is 59.2 Å². The van der Waals surface area contributed by atoms with E-state index in [1.54, 1.807) is 24.3 Å². The van der Waals surface area contributed by atoms with Gasteiger partial charge in [0.25, 0.3) is 5.91 Å². The summed E-state index contributed by atoms with van der Waals surface area (Å²) < 4.78 is 10.5. The highest BCUT2D eigenvalue weighted by Crippen LogP contribution is 2.32. The number of esters is 1. The molecule has 0 aliphatic rings. The van der Waals surface area contributed by atoms with E-state index in [1.807, 2.05) is 19.1 Å². The van der Waals surface area contributed by atoms with Gasteiger partial charge in [-0.15, -0.1) is 0 Å². The Morgan fingerprint density at radius 1 is 1.08 bits per heavy atom. The normalized spacial score (nSPS) is 11.0. The molecule has 0 atom stereocenters. The van der Waals surface area contributed by atoms with Gasteiger partial charge in [0.1, 0.15) is 5.75 Å². The number of para-hydroxylation sites is 1. The van der Waals surface area contributed by atoms with Crippen LogP contribution in [-0.4, -0.2) is 25.6 Å². The molecule has 0 bridgehead atoms. The number of amides is 1. The van der Waals surface area contributed by atoms with Crippen molar-refractivity contribution < 1.29 is 19.1 Å². The highest BCUT2D eigenvalue weighted by molar-refractivity contribution is 6.01. The Morgan fingerprint density at radius 3 is 2.42 bits per heavy atom. The van der Waals surface area contributed by atoms with Gasteiger partial charge in [-0.2, -0.15) is 0 Å². The summed E-state index contributed by atoms with van der Waals surface area (Å²) in [4.78, 5) is 24.1. The molecule has 0 saturated heterocycles. The van der Waals surface area contributed by atoms with Crippen LogP contribution < -0.4 is 10.1 Å². The number of ether oxygens (including phenoxy) is 2. The van der Waals surface area contributed by atoms with E-state index in [4.69, 9.17) is 9.47 Å². The number of methoxy groups -OCH3 is 1. The van der Waals surface area contributed by atoms with Crippen LogP contribution in [0.2, 0.25) is 0 Å². The lowest BCUT2D eigenvalue weighted by molar-refractivity contribution is -0.118. The minimum Gasteiger partial charge on any atom is -0.483 e. The van der Waals surface area contributed by atoms with E-state index in [2.05, 4.69) is 32.2 Å². The van der Waals surface area contributed by atoms with Crippen molar-refractivity contribution in [2.75, 3.05) is 19.0 Å². The molecule has 2 aromatic rings. The van der Waals surface area contributed by atoms with E-state index >= 15 is 0 Å². The van der Waals surface area contributed by atoms with Gasteiger partial charge >= 0.3 is 5.97 Å². The first-order valence-electron chi connectivity index (χ1n) is 8.43. The monoisotopic (exact) mass is 355 g/mol. The largest absolute Gasteiger partial charge is 0.483 e. The van der Waals surface area contributed by atoms with Crippen molar-refractivity contribution in [1.29, 1.82) is 0 Å². The first kappa shape index (κ1) is 19.5. The molecule has 0 aliphatic heterocycles. The fourth-order valence-electron chi connectivity index (χ4n) is 2.57. The standard InChI is InChI=1S/C21H25NO4/c1-14-10-11-18(16(12-14)21(2,3)4)26-13-19(23)22-17-9-7-6-8-15(17)20(24)25-5/h6-12H,13H2,1-5H3,(H,22,23). The van der Waals surface area contributed by atoms with Crippen LogP contribution in [0, 0.1) is 6.92 Å². The second-order valence-corrected chi connectivity index (χ2v) is 7.12. The molecule has 0 spiro atoms. The fraction of sp³-hybridized carbons (Fsp3) is 0.333. The predicted molar refractivity (Wildman–Crippen MR) is 102 cm³/mol. The Morgan fingerprint density at radius 2 is 1.77 bits per heavy atom. The molecule has 26 heavy (non-hydrogen) atoms. The second-order valence-electron chi connectivity index (χ2n) is 7.12. The number of nitrogens with one attached hydrogen (secondary N) is 1. The van der Waals surface area contributed by atoms with Gasteiger partial charge in [-0.3, -0.25) is 4.79 Å². The van der Waals surface area contributed by atoms with E-state index < -0.39 is 5.97 Å². The van der Waals surface area contributed by atoms with Crippen LogP contribution >= 0.6 is 0 Å². The molecule has 0 fully saturated rings. The Bertz CT molecular complexity index is 806. The Kier molecular flexibility index (Phi) is 6.03. The number of hydrogen-bond acceptors (Lipinski definition) is 4. The molecule has 138 valence electrons. The maximum absolute atomic E-state index is 12.3. The second kappa shape index (κ2) is 8.04. The first-order valence-corrected chi connectivity index (χ1v) is 8.43. The maximum Gasteiger partial charge on any atom is 0.339 e. The lowest BCUT2D eigenvalue weighted by atomic mass is 9.85. The van der Waals surface area contributed by atoms with Crippen LogP contribution in [0.4, 0.5) is 5.69 Å². The zero-order chi connectivity index (χ0) is 19.3. The van der Waals surface area contributed by atoms with E-state index in [0.29, 0.717) is 17.0 Å². The van der Waals surface area contributed by atoms with Crippen LogP contribution in [0.15, 0.2) is 42.5 Å². The summed E-state index contributed by atoms with van der Waals surface area (Å²) in [6.45, 7) is 8.17. The molecular weight excluding hydrogens is 330 g/mol. The van der Waals surface area contributed by atoms with Gasteiger partial charge < -0.3 is 14.8 Å². The van der Waals surface area contributed by atoms with Crippen molar-refractivity contribution in [1.82, 2.24) is 0 Å². The zero-order valence-electron chi connectivity index (χ0n) is 15.9. The molecule has 5 nitrogen and oxygen atoms in total. The number of rotatable bonds is 5. The summed E-state index contributed by atoms with van der Waals surface area (Å²) in [5, 5.41) is 2.70. The average molecular weight is 355 g/mol. The van der Waals surface area contributed by atoms with E-state index in [9.17, 15) is 9.59 Å². The van der Waals surface area contributed by atoms with Crippen LogP contribution in [0.5, 0.6) is 5.75 Å². The number of hydrogen-bond donors (Lipinski definition) is 1. The lowest BCUT2D eigenvalue weighted by Gasteiger charge is -2.23. The minimum atomic E-state index is -0.504. The van der Waals surface area contributed by atoms with Crippen LogP contribution in [0.25, 0.3) is 0 Å². The van der Waals surface area contributed by atoms with Crippen molar-refractivity contribution >= 4 is 17.6 Å². The topological polar surface area (TPSA) is 64.6 Å². The SMILES string of the molecule is COC(=O)c1ccccc1NC(=O)COc1ccc(C)cc1C(C)(C)C. The smallest absolute Gasteiger partial charge is 0.339 e. The van der Waals surface area contributed by atoms with Crippen LogP contribution in [0.1, 0.15) is 42.3 Å². The van der Waals surface area contributed by atoms with Gasteiger partial charge in [0, 0.05) is 0 Å². The molecule has 1 N–H and O–H groups in total. The van der Waals surface area contributed by atoms with Crippen molar-refractivity contribution in [2.24, 2.45) is 0 Å². The van der Waals surface area contributed by atoms with E-state index in [0.717, 1.165) is 11.1 Å². The molecule has 0 aliphatic carbocycles. The molecule has 0 unspecified atom stereocenters. The minimum absolute atomic E-state index is 0.102. The first-order chi connectivity index (χ1) is 12.2. The number of carbonyl (C=O) groups excluding carboxylic acids is 2. The number of carbonyl (C=O) groups is 2. The maximum atomic E-state index is 12.3. The summed E-state index contributed by atoms with van der Waals surface area (Å²) in [5.74, 6) is -0.170. The third kappa shape index (κ3) is 4.85. The number of aryl methyl sites for hydroxylation is 1. The summed E-state index contributed by atoms with van der Waals surface area (Å²) in [5.41, 5.74) is 2.77. The number of anilines is 1. The lowest BCUT2D eigenvalue weighted by Crippen LogP contribution is -2.23. The summed E-state index contributed by atoms with van der Waals surface area (Å²) >= 11 is 0. The highest BCUT2D eigenvalue weighted by atomic mass is 16.5. The third-order valence-electron chi connectivity index (χ3n) is 3.91. The van der Waals surface area contributed by atoms with Crippen LogP contribution in [0.3, 0.4) is 0 Å². The van der Waals surface area contributed by atoms with Gasteiger partial charge in [0.05, 0.1) is 18.4 Å². The molecular formula is C21H25NO4. The highest BCUT2D eigenvalue weighted by Gasteiger charge is 2.20. The van der Waals surface area contributed by atoms with Gasteiger partial charge in [0.15, 0.2) is 6.61 Å². The molecule has 2 rings (SSSR count). The van der Waals surface area contributed by atoms with E-state index in [1.165, 1.54) is 7.11 Å². The Hall–Kier alpha value is -2.82. The molecule has 5 heteroatoms. The Labute approximate surface area is 154 Å².